The third-order valence-electron chi connectivity index (χ3n) is 3.76. The van der Waals surface area contributed by atoms with Crippen LogP contribution >= 0.6 is 0 Å². The van der Waals surface area contributed by atoms with Gasteiger partial charge in [-0.05, 0) is 6.42 Å². The Balaban J connectivity index is 2.09. The standard InChI is InChI=1S/C15H27N3O/c1-2-3-4-5-6-8-15(19)18-13-11-17(12-14-18)10-7-9-16/h2-8,10-14H2,1H3. The van der Waals surface area contributed by atoms with Crippen LogP contribution in [0.15, 0.2) is 0 Å². The number of piperazine rings is 1. The number of hydrogen-bond acceptors (Lipinski definition) is 3. The molecule has 0 bridgehead atoms. The molecule has 1 aliphatic rings. The Bertz CT molecular complexity index is 290. The van der Waals surface area contributed by atoms with Gasteiger partial charge in [-0.3, -0.25) is 9.69 Å². The summed E-state index contributed by atoms with van der Waals surface area (Å²) in [6.07, 6.45) is 7.30. The number of carbonyl (C=O) groups is 1. The molecule has 108 valence electrons. The molecule has 0 aromatic heterocycles. The molecule has 0 radical (unpaired) electrons. The van der Waals surface area contributed by atoms with Crippen molar-refractivity contribution < 1.29 is 4.79 Å². The third-order valence-corrected chi connectivity index (χ3v) is 3.76. The maximum Gasteiger partial charge on any atom is 0.222 e. The number of rotatable bonds is 8. The van der Waals surface area contributed by atoms with Gasteiger partial charge >= 0.3 is 0 Å². The van der Waals surface area contributed by atoms with Crippen molar-refractivity contribution in [3.8, 4) is 6.07 Å². The zero-order chi connectivity index (χ0) is 13.9. The number of hydrogen-bond donors (Lipinski definition) is 0. The van der Waals surface area contributed by atoms with E-state index in [1.165, 1.54) is 25.7 Å². The Hall–Kier alpha value is -1.08. The molecular formula is C15H27N3O. The van der Waals surface area contributed by atoms with Crippen LogP contribution in [-0.2, 0) is 4.79 Å². The highest BCUT2D eigenvalue weighted by atomic mass is 16.2. The summed E-state index contributed by atoms with van der Waals surface area (Å²) in [4.78, 5) is 16.3. The molecule has 1 rings (SSSR count). The van der Waals surface area contributed by atoms with Gasteiger partial charge in [0.2, 0.25) is 5.91 Å². The molecule has 0 N–H and O–H groups in total. The zero-order valence-corrected chi connectivity index (χ0v) is 12.2. The van der Waals surface area contributed by atoms with Crippen LogP contribution in [0.3, 0.4) is 0 Å². The van der Waals surface area contributed by atoms with E-state index in [0.29, 0.717) is 18.7 Å². The quantitative estimate of drug-likeness (QED) is 0.633. The third kappa shape index (κ3) is 6.58. The molecule has 0 aliphatic carbocycles. The average Bonchev–Trinajstić information content (AvgIpc) is 2.45. The lowest BCUT2D eigenvalue weighted by Gasteiger charge is -2.34. The van der Waals surface area contributed by atoms with Crippen LogP contribution < -0.4 is 0 Å². The predicted molar refractivity (Wildman–Crippen MR) is 76.6 cm³/mol. The minimum atomic E-state index is 0.316. The van der Waals surface area contributed by atoms with Gasteiger partial charge in [0, 0.05) is 45.6 Å². The molecule has 0 unspecified atom stereocenters. The van der Waals surface area contributed by atoms with E-state index >= 15 is 0 Å². The monoisotopic (exact) mass is 265 g/mol. The number of carbonyl (C=O) groups excluding carboxylic acids is 1. The van der Waals surface area contributed by atoms with Gasteiger partial charge in [-0.1, -0.05) is 32.6 Å². The molecular weight excluding hydrogens is 238 g/mol. The summed E-state index contributed by atoms with van der Waals surface area (Å²) < 4.78 is 0. The fourth-order valence-electron chi connectivity index (χ4n) is 2.47. The van der Waals surface area contributed by atoms with Crippen molar-refractivity contribution in [1.29, 1.82) is 5.26 Å². The van der Waals surface area contributed by atoms with Gasteiger partial charge in [-0.15, -0.1) is 0 Å². The SMILES string of the molecule is CCCCCCCC(=O)N1CCN(CCC#N)CC1. The molecule has 0 atom stereocenters. The molecule has 1 amide bonds. The van der Waals surface area contributed by atoms with Crippen molar-refractivity contribution in [2.24, 2.45) is 0 Å². The molecule has 1 aliphatic heterocycles. The highest BCUT2D eigenvalue weighted by Gasteiger charge is 2.19. The first-order chi connectivity index (χ1) is 9.27. The molecule has 0 aromatic rings. The van der Waals surface area contributed by atoms with Crippen LogP contribution in [0.1, 0.15) is 51.9 Å². The van der Waals surface area contributed by atoms with Crippen LogP contribution in [0, 0.1) is 11.3 Å². The number of unbranched alkanes of at least 4 members (excludes halogenated alkanes) is 4. The highest BCUT2D eigenvalue weighted by molar-refractivity contribution is 5.76. The Morgan fingerprint density at radius 3 is 2.42 bits per heavy atom. The molecule has 0 spiro atoms. The summed E-state index contributed by atoms with van der Waals surface area (Å²) in [6.45, 7) is 6.55. The van der Waals surface area contributed by atoms with Gasteiger partial charge in [-0.25, -0.2) is 0 Å². The summed E-state index contributed by atoms with van der Waals surface area (Å²) >= 11 is 0. The lowest BCUT2D eigenvalue weighted by Crippen LogP contribution is -2.48. The van der Waals surface area contributed by atoms with Crippen molar-refractivity contribution in [1.82, 2.24) is 9.80 Å². The van der Waals surface area contributed by atoms with Gasteiger partial charge in [0.15, 0.2) is 0 Å². The van der Waals surface area contributed by atoms with Gasteiger partial charge in [0.05, 0.1) is 6.07 Å². The fourth-order valence-corrected chi connectivity index (χ4v) is 2.47. The minimum Gasteiger partial charge on any atom is -0.340 e. The lowest BCUT2D eigenvalue weighted by atomic mass is 10.1. The van der Waals surface area contributed by atoms with Crippen molar-refractivity contribution in [3.63, 3.8) is 0 Å². The first kappa shape index (κ1) is 16.0. The van der Waals surface area contributed by atoms with Gasteiger partial charge in [-0.2, -0.15) is 5.26 Å². The van der Waals surface area contributed by atoms with E-state index < -0.39 is 0 Å². The van der Waals surface area contributed by atoms with E-state index in [-0.39, 0.29) is 0 Å². The highest BCUT2D eigenvalue weighted by Crippen LogP contribution is 2.09. The topological polar surface area (TPSA) is 47.3 Å². The van der Waals surface area contributed by atoms with Crippen LogP contribution in [-0.4, -0.2) is 48.4 Å². The smallest absolute Gasteiger partial charge is 0.222 e. The van der Waals surface area contributed by atoms with Gasteiger partial charge in [0.1, 0.15) is 0 Å². The Morgan fingerprint density at radius 2 is 1.79 bits per heavy atom. The van der Waals surface area contributed by atoms with E-state index in [1.807, 2.05) is 4.90 Å². The second-order valence-corrected chi connectivity index (χ2v) is 5.29. The molecule has 1 saturated heterocycles. The maximum absolute atomic E-state index is 12.0. The maximum atomic E-state index is 12.0. The summed E-state index contributed by atoms with van der Waals surface area (Å²) in [5, 5.41) is 8.55. The van der Waals surface area contributed by atoms with Crippen LogP contribution in [0.4, 0.5) is 0 Å². The van der Waals surface area contributed by atoms with Crippen molar-refractivity contribution >= 4 is 5.91 Å². The zero-order valence-electron chi connectivity index (χ0n) is 12.2. The molecule has 4 nitrogen and oxygen atoms in total. The molecule has 0 aromatic carbocycles. The van der Waals surface area contributed by atoms with Gasteiger partial charge < -0.3 is 4.90 Å². The van der Waals surface area contributed by atoms with Gasteiger partial charge in [0.25, 0.3) is 0 Å². The van der Waals surface area contributed by atoms with E-state index in [9.17, 15) is 4.79 Å². The van der Waals surface area contributed by atoms with E-state index in [2.05, 4.69) is 17.9 Å². The van der Waals surface area contributed by atoms with Crippen LogP contribution in [0.5, 0.6) is 0 Å². The van der Waals surface area contributed by atoms with E-state index in [0.717, 1.165) is 39.1 Å². The normalized spacial score (nSPS) is 16.3. The second kappa shape index (κ2) is 9.80. The molecule has 0 saturated carbocycles. The fraction of sp³-hybridized carbons (Fsp3) is 0.867. The summed E-state index contributed by atoms with van der Waals surface area (Å²) in [6, 6.07) is 2.17. The summed E-state index contributed by atoms with van der Waals surface area (Å²) in [7, 11) is 0. The Kier molecular flexibility index (Phi) is 8.24. The van der Waals surface area contributed by atoms with E-state index in [4.69, 9.17) is 5.26 Å². The molecule has 19 heavy (non-hydrogen) atoms. The molecule has 1 fully saturated rings. The van der Waals surface area contributed by atoms with Crippen molar-refractivity contribution in [2.75, 3.05) is 32.7 Å². The summed E-state index contributed by atoms with van der Waals surface area (Å²) in [5.41, 5.74) is 0. The first-order valence-electron chi connectivity index (χ1n) is 7.65. The minimum absolute atomic E-state index is 0.316. The largest absolute Gasteiger partial charge is 0.340 e. The van der Waals surface area contributed by atoms with E-state index in [1.54, 1.807) is 0 Å². The average molecular weight is 265 g/mol. The molecule has 1 heterocycles. The Labute approximate surface area is 117 Å². The first-order valence-corrected chi connectivity index (χ1v) is 7.65. The van der Waals surface area contributed by atoms with Crippen LogP contribution in [0.2, 0.25) is 0 Å². The van der Waals surface area contributed by atoms with Crippen molar-refractivity contribution in [2.45, 2.75) is 51.9 Å². The number of nitrogens with zero attached hydrogens (tertiary/aromatic N) is 3. The van der Waals surface area contributed by atoms with Crippen LogP contribution in [0.25, 0.3) is 0 Å². The molecule has 4 heteroatoms. The second-order valence-electron chi connectivity index (χ2n) is 5.29. The number of amides is 1. The number of nitriles is 1. The van der Waals surface area contributed by atoms with Crippen molar-refractivity contribution in [3.05, 3.63) is 0 Å². The lowest BCUT2D eigenvalue weighted by molar-refractivity contribution is -0.133. The summed E-state index contributed by atoms with van der Waals surface area (Å²) in [5.74, 6) is 0.316. The Morgan fingerprint density at radius 1 is 1.11 bits per heavy atom. The predicted octanol–water partition coefficient (Wildman–Crippen LogP) is 2.40.